The van der Waals surface area contributed by atoms with Gasteiger partial charge < -0.3 is 0 Å². The van der Waals surface area contributed by atoms with Crippen molar-refractivity contribution >= 4 is 27.7 Å². The van der Waals surface area contributed by atoms with E-state index in [0.717, 1.165) is 10.7 Å². The van der Waals surface area contributed by atoms with Crippen LogP contribution in [0.4, 0.5) is 4.39 Å². The predicted octanol–water partition coefficient (Wildman–Crippen LogP) is 3.65. The molecule has 18 heavy (non-hydrogen) atoms. The first kappa shape index (κ1) is 13.1. The lowest BCUT2D eigenvalue weighted by molar-refractivity contribution is 0.593. The topological polar surface area (TPSA) is 41.6 Å². The molecule has 1 heterocycles. The molecule has 1 aromatic heterocycles. The van der Waals surface area contributed by atoms with E-state index in [1.807, 2.05) is 26.1 Å². The zero-order valence-electron chi connectivity index (χ0n) is 9.74. The molecule has 0 aliphatic carbocycles. The molecule has 0 saturated carbocycles. The molecule has 0 unspecified atom stereocenters. The molecule has 0 aliphatic heterocycles. The lowest BCUT2D eigenvalue weighted by atomic mass is 10.2. The van der Waals surface area contributed by atoms with Crippen LogP contribution < -0.4 is 0 Å². The number of aryl methyl sites for hydroxylation is 2. The molecule has 0 fully saturated rings. The van der Waals surface area contributed by atoms with Crippen molar-refractivity contribution < 1.29 is 4.39 Å². The van der Waals surface area contributed by atoms with Gasteiger partial charge in [0.25, 0.3) is 0 Å². The van der Waals surface area contributed by atoms with Crippen LogP contribution in [0, 0.1) is 24.1 Å². The van der Waals surface area contributed by atoms with Crippen LogP contribution in [0.2, 0.25) is 0 Å². The quantitative estimate of drug-likeness (QED) is 0.846. The summed E-state index contributed by atoms with van der Waals surface area (Å²) in [6, 6.07) is 7.01. The second kappa shape index (κ2) is 5.12. The van der Waals surface area contributed by atoms with Gasteiger partial charge in [-0.25, -0.2) is 4.39 Å². The number of hydrogen-bond donors (Lipinski definition) is 0. The van der Waals surface area contributed by atoms with Crippen LogP contribution >= 0.6 is 27.7 Å². The van der Waals surface area contributed by atoms with Crippen molar-refractivity contribution in [1.29, 1.82) is 5.26 Å². The smallest absolute Gasteiger partial charge is 0.152 e. The van der Waals surface area contributed by atoms with Crippen LogP contribution in [-0.4, -0.2) is 9.78 Å². The van der Waals surface area contributed by atoms with Crippen LogP contribution in [0.1, 0.15) is 11.3 Å². The monoisotopic (exact) mass is 325 g/mol. The van der Waals surface area contributed by atoms with Crippen LogP contribution in [0.3, 0.4) is 0 Å². The molecular weight excluding hydrogens is 317 g/mol. The Balaban J connectivity index is 2.39. The molecule has 0 radical (unpaired) electrons. The average molecular weight is 326 g/mol. The van der Waals surface area contributed by atoms with E-state index in [-0.39, 0.29) is 10.0 Å². The molecule has 2 aromatic rings. The van der Waals surface area contributed by atoms with E-state index in [1.54, 1.807) is 16.8 Å². The van der Waals surface area contributed by atoms with Gasteiger partial charge in [0.05, 0.1) is 25.7 Å². The maximum Gasteiger partial charge on any atom is 0.152 e. The number of nitriles is 1. The molecule has 0 saturated heterocycles. The molecule has 92 valence electrons. The minimum absolute atomic E-state index is 0.203. The Bertz CT molecular complexity index is 646. The number of benzene rings is 1. The molecule has 0 N–H and O–H groups in total. The summed E-state index contributed by atoms with van der Waals surface area (Å²) >= 11 is 4.38. The third-order valence-electron chi connectivity index (χ3n) is 2.34. The summed E-state index contributed by atoms with van der Waals surface area (Å²) in [6.45, 7) is 1.88. The average Bonchev–Trinajstić information content (AvgIpc) is 2.64. The summed E-state index contributed by atoms with van der Waals surface area (Å²) in [5, 5.41) is 13.9. The summed E-state index contributed by atoms with van der Waals surface area (Å²) in [6.07, 6.45) is 0. The highest BCUT2D eigenvalue weighted by molar-refractivity contribution is 9.10. The summed E-state index contributed by atoms with van der Waals surface area (Å²) in [5.74, 6) is -0.419. The van der Waals surface area contributed by atoms with Gasteiger partial charge in [-0.2, -0.15) is 10.4 Å². The van der Waals surface area contributed by atoms with Crippen molar-refractivity contribution in [3.05, 3.63) is 39.7 Å². The first-order chi connectivity index (χ1) is 8.52. The molecule has 0 atom stereocenters. The minimum atomic E-state index is -0.419. The summed E-state index contributed by atoms with van der Waals surface area (Å²) in [7, 11) is 1.81. The highest BCUT2D eigenvalue weighted by Gasteiger charge is 2.13. The van der Waals surface area contributed by atoms with Gasteiger partial charge in [0.15, 0.2) is 5.82 Å². The number of rotatable bonds is 2. The van der Waals surface area contributed by atoms with Crippen molar-refractivity contribution in [1.82, 2.24) is 9.78 Å². The van der Waals surface area contributed by atoms with Gasteiger partial charge in [-0.3, -0.25) is 4.68 Å². The van der Waals surface area contributed by atoms with Crippen molar-refractivity contribution in [2.45, 2.75) is 16.8 Å². The Kier molecular flexibility index (Phi) is 3.73. The zero-order valence-corrected chi connectivity index (χ0v) is 12.1. The molecule has 0 bridgehead atoms. The SMILES string of the molecule is Cc1cc(Sc2ccc(C#N)c(Br)c2F)n(C)n1. The van der Waals surface area contributed by atoms with Crippen LogP contribution in [0.5, 0.6) is 0 Å². The fourth-order valence-corrected chi connectivity index (χ4v) is 3.01. The third-order valence-corrected chi connectivity index (χ3v) is 4.24. The van der Waals surface area contributed by atoms with E-state index in [9.17, 15) is 4.39 Å². The number of hydrogen-bond acceptors (Lipinski definition) is 3. The van der Waals surface area contributed by atoms with Gasteiger partial charge in [0.1, 0.15) is 6.07 Å². The Morgan fingerprint density at radius 2 is 2.22 bits per heavy atom. The predicted molar refractivity (Wildman–Crippen MR) is 70.9 cm³/mol. The maximum absolute atomic E-state index is 14.0. The Labute approximate surface area is 117 Å². The molecule has 0 spiro atoms. The zero-order chi connectivity index (χ0) is 13.3. The van der Waals surface area contributed by atoms with Crippen LogP contribution in [0.15, 0.2) is 32.6 Å². The highest BCUT2D eigenvalue weighted by atomic mass is 79.9. The normalized spacial score (nSPS) is 10.4. The van der Waals surface area contributed by atoms with E-state index >= 15 is 0 Å². The van der Waals surface area contributed by atoms with Crippen molar-refractivity contribution in [3.8, 4) is 6.07 Å². The first-order valence-corrected chi connectivity index (χ1v) is 6.70. The van der Waals surface area contributed by atoms with E-state index in [1.165, 1.54) is 11.8 Å². The van der Waals surface area contributed by atoms with Gasteiger partial charge in [0, 0.05) is 7.05 Å². The molecule has 1 aromatic carbocycles. The van der Waals surface area contributed by atoms with Gasteiger partial charge in [0.2, 0.25) is 0 Å². The van der Waals surface area contributed by atoms with Crippen molar-refractivity contribution in [2.75, 3.05) is 0 Å². The fourth-order valence-electron chi connectivity index (χ4n) is 1.49. The molecule has 3 nitrogen and oxygen atoms in total. The third kappa shape index (κ3) is 2.42. The number of nitrogens with zero attached hydrogens (tertiary/aromatic N) is 3. The Morgan fingerprint density at radius 1 is 1.50 bits per heavy atom. The summed E-state index contributed by atoms with van der Waals surface area (Å²) < 4.78 is 15.9. The van der Waals surface area contributed by atoms with Crippen molar-refractivity contribution in [3.63, 3.8) is 0 Å². The largest absolute Gasteiger partial charge is 0.262 e. The summed E-state index contributed by atoms with van der Waals surface area (Å²) in [4.78, 5) is 0.462. The minimum Gasteiger partial charge on any atom is -0.262 e. The van der Waals surface area contributed by atoms with E-state index in [4.69, 9.17) is 5.26 Å². The second-order valence-electron chi connectivity index (χ2n) is 3.70. The molecule has 0 amide bonds. The van der Waals surface area contributed by atoms with Gasteiger partial charge >= 0.3 is 0 Å². The fraction of sp³-hybridized carbons (Fsp3) is 0.167. The molecule has 0 aliphatic rings. The van der Waals surface area contributed by atoms with Gasteiger partial charge in [-0.1, -0.05) is 11.8 Å². The number of halogens is 2. The summed E-state index contributed by atoms with van der Waals surface area (Å²) in [5.41, 5.74) is 1.17. The Hall–Kier alpha value is -1.32. The highest BCUT2D eigenvalue weighted by Crippen LogP contribution is 2.34. The Morgan fingerprint density at radius 3 is 2.78 bits per heavy atom. The number of aromatic nitrogens is 2. The molecule has 6 heteroatoms. The van der Waals surface area contributed by atoms with E-state index in [0.29, 0.717) is 4.90 Å². The maximum atomic E-state index is 14.0. The lowest BCUT2D eigenvalue weighted by Gasteiger charge is -2.05. The van der Waals surface area contributed by atoms with Crippen LogP contribution in [0.25, 0.3) is 0 Å². The van der Waals surface area contributed by atoms with Crippen LogP contribution in [-0.2, 0) is 7.05 Å². The van der Waals surface area contributed by atoms with Crippen molar-refractivity contribution in [2.24, 2.45) is 7.05 Å². The molecular formula is C12H9BrFN3S. The van der Waals surface area contributed by atoms with Gasteiger partial charge in [-0.05, 0) is 41.1 Å². The lowest BCUT2D eigenvalue weighted by Crippen LogP contribution is -1.93. The first-order valence-electron chi connectivity index (χ1n) is 5.09. The van der Waals surface area contributed by atoms with E-state index < -0.39 is 5.82 Å². The van der Waals surface area contributed by atoms with E-state index in [2.05, 4.69) is 21.0 Å². The second-order valence-corrected chi connectivity index (χ2v) is 5.56. The van der Waals surface area contributed by atoms with Gasteiger partial charge in [-0.15, -0.1) is 0 Å². The standard InChI is InChI=1S/C12H9BrFN3S/c1-7-5-10(17(2)16-7)18-9-4-3-8(6-15)11(13)12(9)14/h3-5H,1-2H3. The molecule has 2 rings (SSSR count).